The van der Waals surface area contributed by atoms with Crippen LogP contribution in [-0.2, 0) is 0 Å². The van der Waals surface area contributed by atoms with Gasteiger partial charge in [0.05, 0.1) is 12.4 Å². The predicted molar refractivity (Wildman–Crippen MR) is 60.2 cm³/mol. The van der Waals surface area contributed by atoms with Crippen LogP contribution < -0.4 is 4.90 Å². The summed E-state index contributed by atoms with van der Waals surface area (Å²) in [5, 5.41) is 8.28. The molecule has 0 aliphatic carbocycles. The standard InChI is InChI=1S/C11H13N5/c1-9-2-3-12-11(6-9)15-7-10(8-15)16-13-4-5-14-16/h2-6,10H,7-8H2,1H3. The van der Waals surface area contributed by atoms with Crippen molar-refractivity contribution in [3.05, 3.63) is 36.3 Å². The van der Waals surface area contributed by atoms with Crippen LogP contribution in [0.3, 0.4) is 0 Å². The molecule has 0 unspecified atom stereocenters. The fourth-order valence-corrected chi connectivity index (χ4v) is 1.90. The maximum absolute atomic E-state index is 4.35. The van der Waals surface area contributed by atoms with Gasteiger partial charge in [0.15, 0.2) is 0 Å². The van der Waals surface area contributed by atoms with Gasteiger partial charge < -0.3 is 4.90 Å². The highest BCUT2D eigenvalue weighted by molar-refractivity contribution is 5.43. The van der Waals surface area contributed by atoms with Gasteiger partial charge in [-0.2, -0.15) is 15.0 Å². The van der Waals surface area contributed by atoms with Crippen molar-refractivity contribution in [3.63, 3.8) is 0 Å². The highest BCUT2D eigenvalue weighted by atomic mass is 15.5. The Labute approximate surface area is 93.7 Å². The van der Waals surface area contributed by atoms with E-state index in [-0.39, 0.29) is 0 Å². The normalized spacial score (nSPS) is 16.2. The molecule has 0 amide bonds. The molecule has 0 spiro atoms. The van der Waals surface area contributed by atoms with E-state index in [0.717, 1.165) is 18.9 Å². The van der Waals surface area contributed by atoms with E-state index in [1.807, 2.05) is 12.3 Å². The molecule has 2 aromatic heterocycles. The third-order valence-corrected chi connectivity index (χ3v) is 2.85. The summed E-state index contributed by atoms with van der Waals surface area (Å²) < 4.78 is 0. The predicted octanol–water partition coefficient (Wildman–Crippen LogP) is 1.04. The molecular formula is C11H13N5. The Hall–Kier alpha value is -1.91. The molecule has 16 heavy (non-hydrogen) atoms. The van der Waals surface area contributed by atoms with E-state index >= 15 is 0 Å². The molecule has 3 heterocycles. The molecule has 3 rings (SSSR count). The number of rotatable bonds is 2. The number of aryl methyl sites for hydroxylation is 1. The first-order valence-corrected chi connectivity index (χ1v) is 5.36. The van der Waals surface area contributed by atoms with Crippen molar-refractivity contribution in [2.45, 2.75) is 13.0 Å². The molecule has 1 aliphatic rings. The molecule has 5 heteroatoms. The summed E-state index contributed by atoms with van der Waals surface area (Å²) in [7, 11) is 0. The fraction of sp³-hybridized carbons (Fsp3) is 0.364. The minimum absolute atomic E-state index is 0.386. The maximum Gasteiger partial charge on any atom is 0.128 e. The fourth-order valence-electron chi connectivity index (χ4n) is 1.90. The zero-order chi connectivity index (χ0) is 11.0. The zero-order valence-electron chi connectivity index (χ0n) is 9.11. The molecule has 82 valence electrons. The highest BCUT2D eigenvalue weighted by Crippen LogP contribution is 2.25. The van der Waals surface area contributed by atoms with Gasteiger partial charge in [-0.05, 0) is 24.6 Å². The summed E-state index contributed by atoms with van der Waals surface area (Å²) in [4.78, 5) is 8.36. The topological polar surface area (TPSA) is 46.8 Å². The van der Waals surface area contributed by atoms with E-state index in [1.165, 1.54) is 5.56 Å². The Balaban J connectivity index is 1.69. The number of anilines is 1. The first-order valence-electron chi connectivity index (χ1n) is 5.36. The third kappa shape index (κ3) is 1.54. The van der Waals surface area contributed by atoms with Crippen molar-refractivity contribution in [1.82, 2.24) is 20.0 Å². The van der Waals surface area contributed by atoms with Crippen LogP contribution >= 0.6 is 0 Å². The Morgan fingerprint density at radius 3 is 2.62 bits per heavy atom. The van der Waals surface area contributed by atoms with Crippen molar-refractivity contribution in [1.29, 1.82) is 0 Å². The van der Waals surface area contributed by atoms with Crippen LogP contribution in [0.5, 0.6) is 0 Å². The molecule has 1 fully saturated rings. The van der Waals surface area contributed by atoms with Crippen molar-refractivity contribution < 1.29 is 0 Å². The molecule has 0 aromatic carbocycles. The summed E-state index contributed by atoms with van der Waals surface area (Å²) in [5.74, 6) is 1.04. The Kier molecular flexibility index (Phi) is 2.09. The minimum Gasteiger partial charge on any atom is -0.352 e. The van der Waals surface area contributed by atoms with Crippen LogP contribution in [0, 0.1) is 6.92 Å². The summed E-state index contributed by atoms with van der Waals surface area (Å²) in [6.45, 7) is 3.95. The second-order valence-electron chi connectivity index (χ2n) is 4.10. The number of aromatic nitrogens is 4. The molecular weight excluding hydrogens is 202 g/mol. The molecule has 0 bridgehead atoms. The number of nitrogens with zero attached hydrogens (tertiary/aromatic N) is 5. The van der Waals surface area contributed by atoms with Gasteiger partial charge in [-0.1, -0.05) is 0 Å². The van der Waals surface area contributed by atoms with Gasteiger partial charge in [-0.3, -0.25) is 0 Å². The first kappa shape index (κ1) is 9.33. The van der Waals surface area contributed by atoms with E-state index in [1.54, 1.807) is 17.2 Å². The average molecular weight is 215 g/mol. The average Bonchev–Trinajstić information content (AvgIpc) is 2.69. The van der Waals surface area contributed by atoms with Gasteiger partial charge in [0.2, 0.25) is 0 Å². The molecule has 0 radical (unpaired) electrons. The van der Waals surface area contributed by atoms with E-state index in [9.17, 15) is 0 Å². The number of pyridine rings is 1. The van der Waals surface area contributed by atoms with Crippen LogP contribution in [-0.4, -0.2) is 33.1 Å². The van der Waals surface area contributed by atoms with E-state index in [2.05, 4.69) is 33.1 Å². The zero-order valence-corrected chi connectivity index (χ0v) is 9.11. The lowest BCUT2D eigenvalue weighted by atomic mass is 10.1. The molecule has 2 aromatic rings. The summed E-state index contributed by atoms with van der Waals surface area (Å²) in [5.41, 5.74) is 1.24. The minimum atomic E-state index is 0.386. The van der Waals surface area contributed by atoms with Crippen LogP contribution in [0.4, 0.5) is 5.82 Å². The van der Waals surface area contributed by atoms with Crippen LogP contribution in [0.15, 0.2) is 30.7 Å². The smallest absolute Gasteiger partial charge is 0.128 e. The monoisotopic (exact) mass is 215 g/mol. The summed E-state index contributed by atoms with van der Waals surface area (Å²) >= 11 is 0. The van der Waals surface area contributed by atoms with Gasteiger partial charge in [-0.15, -0.1) is 0 Å². The number of hydrogen-bond donors (Lipinski definition) is 0. The van der Waals surface area contributed by atoms with E-state index in [4.69, 9.17) is 0 Å². The van der Waals surface area contributed by atoms with Gasteiger partial charge in [0, 0.05) is 19.3 Å². The van der Waals surface area contributed by atoms with Gasteiger partial charge in [0.1, 0.15) is 11.9 Å². The Bertz CT molecular complexity index is 473. The second kappa shape index (κ2) is 3.59. The molecule has 0 atom stereocenters. The third-order valence-electron chi connectivity index (χ3n) is 2.85. The summed E-state index contributed by atoms with van der Waals surface area (Å²) in [6.07, 6.45) is 5.28. The van der Waals surface area contributed by atoms with Crippen molar-refractivity contribution in [2.24, 2.45) is 0 Å². The SMILES string of the molecule is Cc1ccnc(N2CC(n3nccn3)C2)c1. The first-order chi connectivity index (χ1) is 7.83. The van der Waals surface area contributed by atoms with E-state index < -0.39 is 0 Å². The molecule has 1 aliphatic heterocycles. The lowest BCUT2D eigenvalue weighted by Crippen LogP contribution is -2.48. The molecule has 0 saturated carbocycles. The lowest BCUT2D eigenvalue weighted by Gasteiger charge is -2.39. The Morgan fingerprint density at radius 1 is 1.19 bits per heavy atom. The highest BCUT2D eigenvalue weighted by Gasteiger charge is 2.30. The van der Waals surface area contributed by atoms with Crippen LogP contribution in [0.1, 0.15) is 11.6 Å². The largest absolute Gasteiger partial charge is 0.352 e. The lowest BCUT2D eigenvalue weighted by molar-refractivity contribution is 0.331. The quantitative estimate of drug-likeness (QED) is 0.751. The number of hydrogen-bond acceptors (Lipinski definition) is 4. The van der Waals surface area contributed by atoms with Crippen molar-refractivity contribution in [3.8, 4) is 0 Å². The van der Waals surface area contributed by atoms with E-state index in [0.29, 0.717) is 6.04 Å². The maximum atomic E-state index is 4.35. The van der Waals surface area contributed by atoms with Gasteiger partial charge in [0.25, 0.3) is 0 Å². The molecule has 1 saturated heterocycles. The van der Waals surface area contributed by atoms with Gasteiger partial charge >= 0.3 is 0 Å². The van der Waals surface area contributed by atoms with Crippen LogP contribution in [0.25, 0.3) is 0 Å². The van der Waals surface area contributed by atoms with Crippen molar-refractivity contribution >= 4 is 5.82 Å². The van der Waals surface area contributed by atoms with Crippen LogP contribution in [0.2, 0.25) is 0 Å². The molecule has 0 N–H and O–H groups in total. The molecule has 5 nitrogen and oxygen atoms in total. The van der Waals surface area contributed by atoms with Crippen molar-refractivity contribution in [2.75, 3.05) is 18.0 Å². The summed E-state index contributed by atoms with van der Waals surface area (Å²) in [6, 6.07) is 4.50. The van der Waals surface area contributed by atoms with Gasteiger partial charge in [-0.25, -0.2) is 4.98 Å². The second-order valence-corrected chi connectivity index (χ2v) is 4.10. The Morgan fingerprint density at radius 2 is 1.94 bits per heavy atom.